The first-order valence-corrected chi connectivity index (χ1v) is 20.2. The van der Waals surface area contributed by atoms with E-state index in [4.69, 9.17) is 18.4 Å². The lowest BCUT2D eigenvalue weighted by atomic mass is 10.0. The zero-order valence-corrected chi connectivity index (χ0v) is 28.8. The van der Waals surface area contributed by atoms with Gasteiger partial charge in [0.25, 0.3) is 0 Å². The molecule has 0 radical (unpaired) electrons. The van der Waals surface area contributed by atoms with Gasteiger partial charge >= 0.3 is 8.80 Å². The molecule has 242 valence electrons. The van der Waals surface area contributed by atoms with Crippen LogP contribution in [-0.2, 0) is 13.3 Å². The molecular weight excluding hydrogens is 512 g/mol. The summed E-state index contributed by atoms with van der Waals surface area (Å²) >= 11 is 0. The molecule has 0 aliphatic heterocycles. The van der Waals surface area contributed by atoms with Crippen molar-refractivity contribution in [2.45, 2.75) is 200 Å². The Morgan fingerprint density at radius 3 is 0.725 bits per heavy atom. The molecule has 0 rings (SSSR count). The maximum absolute atomic E-state index is 8.79. The molecule has 40 heavy (non-hydrogen) atoms. The largest absolute Gasteiger partial charge is 0.500 e. The van der Waals surface area contributed by atoms with Gasteiger partial charge in [0.05, 0.1) is 0 Å². The van der Waals surface area contributed by atoms with Crippen molar-refractivity contribution in [1.82, 2.24) is 0 Å². The minimum Gasteiger partial charge on any atom is -0.396 e. The molecule has 1 N–H and O–H groups in total. The minimum absolute atomic E-state index is 0.368. The highest BCUT2D eigenvalue weighted by molar-refractivity contribution is 6.60. The Balaban J connectivity index is 3.26. The van der Waals surface area contributed by atoms with Crippen molar-refractivity contribution in [2.75, 3.05) is 26.4 Å². The Bertz CT molecular complexity index is 446. The molecule has 5 heteroatoms. The van der Waals surface area contributed by atoms with E-state index in [2.05, 4.69) is 0 Å². The van der Waals surface area contributed by atoms with Crippen molar-refractivity contribution in [2.24, 2.45) is 0 Å². The van der Waals surface area contributed by atoms with E-state index in [0.717, 1.165) is 12.5 Å². The summed E-state index contributed by atoms with van der Waals surface area (Å²) < 4.78 is 17.9. The van der Waals surface area contributed by atoms with Gasteiger partial charge in [0.15, 0.2) is 0 Å². The van der Waals surface area contributed by atoms with E-state index < -0.39 is 8.80 Å². The van der Waals surface area contributed by atoms with Crippen LogP contribution in [0.3, 0.4) is 0 Å². The number of aliphatic hydroxyl groups excluding tert-OH is 1. The summed E-state index contributed by atoms with van der Waals surface area (Å²) in [4.78, 5) is 0. The summed E-state index contributed by atoms with van der Waals surface area (Å²) in [5.74, 6) is 0. The molecule has 0 aliphatic rings. The fourth-order valence-electron chi connectivity index (χ4n) is 5.87. The van der Waals surface area contributed by atoms with Crippen LogP contribution in [-0.4, -0.2) is 40.3 Å². The average molecular weight is 587 g/mol. The van der Waals surface area contributed by atoms with Crippen LogP contribution >= 0.6 is 0 Å². The van der Waals surface area contributed by atoms with Gasteiger partial charge in [-0.1, -0.05) is 161 Å². The van der Waals surface area contributed by atoms with E-state index in [1.807, 2.05) is 20.8 Å². The first-order valence-electron chi connectivity index (χ1n) is 18.3. The van der Waals surface area contributed by atoms with E-state index >= 15 is 0 Å². The van der Waals surface area contributed by atoms with Gasteiger partial charge in [-0.2, -0.15) is 0 Å². The first kappa shape index (κ1) is 40.1. The standard InChI is InChI=1S/C35H74O4Si/c1-4-37-40(38-5-2,39-6-3)35-33-31-29-27-25-23-21-19-17-15-13-11-9-7-8-10-12-14-16-18-20-22-24-26-28-30-32-34-36/h36H,4-35H2,1-3H3. The van der Waals surface area contributed by atoms with Crippen LogP contribution < -0.4 is 0 Å². The van der Waals surface area contributed by atoms with Crippen LogP contribution in [0.15, 0.2) is 0 Å². The lowest BCUT2D eigenvalue weighted by Crippen LogP contribution is -2.45. The first-order chi connectivity index (χ1) is 19.7. The molecule has 0 bridgehead atoms. The average Bonchev–Trinajstić information content (AvgIpc) is 2.95. The highest BCUT2D eigenvalue weighted by atomic mass is 28.4. The van der Waals surface area contributed by atoms with E-state index in [9.17, 15) is 0 Å². The van der Waals surface area contributed by atoms with E-state index in [-0.39, 0.29) is 0 Å². The normalized spacial score (nSPS) is 12.0. The predicted molar refractivity (Wildman–Crippen MR) is 177 cm³/mol. The summed E-state index contributed by atoms with van der Waals surface area (Å²) in [6.07, 6.45) is 37.4. The fraction of sp³-hybridized carbons (Fsp3) is 1.00. The molecule has 4 nitrogen and oxygen atoms in total. The third kappa shape index (κ3) is 28.2. The second-order valence-corrected chi connectivity index (χ2v) is 14.7. The summed E-state index contributed by atoms with van der Waals surface area (Å²) in [5.41, 5.74) is 0. The lowest BCUT2D eigenvalue weighted by Gasteiger charge is -2.28. The van der Waals surface area contributed by atoms with Gasteiger partial charge in [-0.05, 0) is 33.6 Å². The SMILES string of the molecule is CCO[Si](CCCCCCCCCCCCCCCCCCCCCCCCCCCCCO)(OCC)OCC. The zero-order valence-electron chi connectivity index (χ0n) is 27.8. The van der Waals surface area contributed by atoms with Gasteiger partial charge in [0.2, 0.25) is 0 Å². The summed E-state index contributed by atoms with van der Waals surface area (Å²) in [6.45, 7) is 8.54. The van der Waals surface area contributed by atoms with Crippen LogP contribution in [0.4, 0.5) is 0 Å². The van der Waals surface area contributed by atoms with E-state index in [1.165, 1.54) is 167 Å². The maximum atomic E-state index is 8.79. The van der Waals surface area contributed by atoms with Crippen LogP contribution in [0.1, 0.15) is 194 Å². The van der Waals surface area contributed by atoms with Crippen molar-refractivity contribution in [3.63, 3.8) is 0 Å². The Morgan fingerprint density at radius 1 is 0.325 bits per heavy atom. The van der Waals surface area contributed by atoms with Crippen LogP contribution in [0.25, 0.3) is 0 Å². The summed E-state index contributed by atoms with van der Waals surface area (Å²) in [6, 6.07) is 0.970. The molecule has 0 unspecified atom stereocenters. The van der Waals surface area contributed by atoms with Crippen molar-refractivity contribution in [3.05, 3.63) is 0 Å². The monoisotopic (exact) mass is 587 g/mol. The smallest absolute Gasteiger partial charge is 0.396 e. The van der Waals surface area contributed by atoms with Crippen molar-refractivity contribution < 1.29 is 18.4 Å². The second kappa shape index (κ2) is 33.6. The Kier molecular flexibility index (Phi) is 33.6. The molecule has 0 saturated heterocycles. The van der Waals surface area contributed by atoms with E-state index in [0.29, 0.717) is 26.4 Å². The molecule has 0 amide bonds. The quantitative estimate of drug-likeness (QED) is 0.0592. The molecule has 0 heterocycles. The molecule has 0 spiro atoms. The third-order valence-corrected chi connectivity index (χ3v) is 11.4. The molecule has 0 saturated carbocycles. The van der Waals surface area contributed by atoms with Gasteiger partial charge in [-0.3, -0.25) is 0 Å². The number of hydrogen-bond donors (Lipinski definition) is 1. The summed E-state index contributed by atoms with van der Waals surface area (Å²) in [7, 11) is -2.42. The molecule has 0 aromatic heterocycles. The predicted octanol–water partition coefficient (Wildman–Crippen LogP) is 11.6. The van der Waals surface area contributed by atoms with Gasteiger partial charge in [0.1, 0.15) is 0 Å². The third-order valence-electron chi connectivity index (χ3n) is 8.23. The number of aliphatic hydroxyl groups is 1. The highest BCUT2D eigenvalue weighted by Gasteiger charge is 2.39. The molecular formula is C35H74O4Si. The van der Waals surface area contributed by atoms with Crippen molar-refractivity contribution in [1.29, 1.82) is 0 Å². The van der Waals surface area contributed by atoms with E-state index in [1.54, 1.807) is 0 Å². The van der Waals surface area contributed by atoms with Gasteiger partial charge in [-0.25, -0.2) is 0 Å². The lowest BCUT2D eigenvalue weighted by molar-refractivity contribution is 0.0706. The van der Waals surface area contributed by atoms with Crippen molar-refractivity contribution >= 4 is 8.80 Å². The van der Waals surface area contributed by atoms with Crippen LogP contribution in [0, 0.1) is 0 Å². The molecule has 0 aliphatic carbocycles. The number of unbranched alkanes of at least 4 members (excludes halogenated alkanes) is 26. The maximum Gasteiger partial charge on any atom is 0.500 e. The Hall–Kier alpha value is 0.0569. The highest BCUT2D eigenvalue weighted by Crippen LogP contribution is 2.21. The Morgan fingerprint density at radius 2 is 0.525 bits per heavy atom. The van der Waals surface area contributed by atoms with Gasteiger partial charge in [-0.15, -0.1) is 0 Å². The topological polar surface area (TPSA) is 47.9 Å². The Labute approximate surface area is 253 Å². The molecule has 0 aromatic carbocycles. The van der Waals surface area contributed by atoms with Crippen LogP contribution in [0.5, 0.6) is 0 Å². The van der Waals surface area contributed by atoms with Crippen molar-refractivity contribution in [3.8, 4) is 0 Å². The van der Waals surface area contributed by atoms with Gasteiger partial charge < -0.3 is 18.4 Å². The van der Waals surface area contributed by atoms with Gasteiger partial charge in [0, 0.05) is 32.5 Å². The fourth-order valence-corrected chi connectivity index (χ4v) is 8.56. The minimum atomic E-state index is -2.42. The zero-order chi connectivity index (χ0) is 29.2. The number of hydrogen-bond acceptors (Lipinski definition) is 4. The summed E-state index contributed by atoms with van der Waals surface area (Å²) in [5, 5.41) is 8.79. The van der Waals surface area contributed by atoms with Crippen LogP contribution in [0.2, 0.25) is 6.04 Å². The molecule has 0 fully saturated rings. The number of rotatable bonds is 35. The molecule has 0 atom stereocenters. The molecule has 0 aromatic rings. The second-order valence-electron chi connectivity index (χ2n) is 12.0.